The minimum atomic E-state index is 0.0245. The quantitative estimate of drug-likeness (QED) is 0.643. The zero-order chi connectivity index (χ0) is 20.2. The smallest absolute Gasteiger partial charge is 0.261 e. The second-order valence-electron chi connectivity index (χ2n) is 7.66. The van der Waals surface area contributed by atoms with Crippen molar-refractivity contribution in [2.45, 2.75) is 25.9 Å². The fourth-order valence-corrected chi connectivity index (χ4v) is 4.03. The van der Waals surface area contributed by atoms with Crippen molar-refractivity contribution < 1.29 is 9.47 Å². The van der Waals surface area contributed by atoms with Crippen molar-refractivity contribution in [3.63, 3.8) is 0 Å². The molecule has 0 saturated carbocycles. The number of likely N-dealkylation sites (tertiary alicyclic amines) is 1. The molecular formula is C23H27N3O3. The zero-order valence-electron chi connectivity index (χ0n) is 17.0. The topological polar surface area (TPSA) is 56.6 Å². The average molecular weight is 393 g/mol. The maximum absolute atomic E-state index is 12.8. The van der Waals surface area contributed by atoms with Gasteiger partial charge in [-0.25, -0.2) is 4.98 Å². The van der Waals surface area contributed by atoms with E-state index in [1.54, 1.807) is 37.2 Å². The first-order chi connectivity index (χ1) is 14.2. The molecule has 152 valence electrons. The van der Waals surface area contributed by atoms with Gasteiger partial charge < -0.3 is 9.47 Å². The minimum Gasteiger partial charge on any atom is -0.497 e. The summed E-state index contributed by atoms with van der Waals surface area (Å²) >= 11 is 0. The van der Waals surface area contributed by atoms with Crippen molar-refractivity contribution in [1.82, 2.24) is 14.5 Å². The molecule has 6 heteroatoms. The monoisotopic (exact) mass is 393 g/mol. The minimum absolute atomic E-state index is 0.0245. The number of ether oxygens (including phenoxy) is 2. The Labute approximate surface area is 170 Å². The molecule has 6 nitrogen and oxygen atoms in total. The van der Waals surface area contributed by atoms with E-state index in [9.17, 15) is 4.79 Å². The molecule has 0 bridgehead atoms. The summed E-state index contributed by atoms with van der Waals surface area (Å²) in [4.78, 5) is 19.8. The Hall–Kier alpha value is -2.86. The highest BCUT2D eigenvalue weighted by Crippen LogP contribution is 2.22. The molecule has 0 aliphatic carbocycles. The van der Waals surface area contributed by atoms with Crippen LogP contribution in [0.1, 0.15) is 18.4 Å². The number of aromatic nitrogens is 2. The highest BCUT2D eigenvalue weighted by atomic mass is 16.5. The van der Waals surface area contributed by atoms with E-state index in [2.05, 4.69) is 22.0 Å². The number of methoxy groups -OCH3 is 2. The Morgan fingerprint density at radius 2 is 1.79 bits per heavy atom. The lowest BCUT2D eigenvalue weighted by atomic mass is 9.96. The van der Waals surface area contributed by atoms with Crippen LogP contribution in [0.4, 0.5) is 0 Å². The Balaban J connectivity index is 1.38. The van der Waals surface area contributed by atoms with Crippen LogP contribution in [0, 0.1) is 5.92 Å². The van der Waals surface area contributed by atoms with Gasteiger partial charge in [0.2, 0.25) is 0 Å². The van der Waals surface area contributed by atoms with E-state index in [0.717, 1.165) is 44.8 Å². The normalized spacial score (nSPS) is 15.5. The van der Waals surface area contributed by atoms with Crippen LogP contribution in [0.3, 0.4) is 0 Å². The van der Waals surface area contributed by atoms with Crippen LogP contribution in [0.15, 0.2) is 53.6 Å². The second kappa shape index (κ2) is 8.66. The molecule has 0 amide bonds. The third-order valence-corrected chi connectivity index (χ3v) is 5.73. The first-order valence-electron chi connectivity index (χ1n) is 10.0. The van der Waals surface area contributed by atoms with Gasteiger partial charge in [-0.3, -0.25) is 14.3 Å². The van der Waals surface area contributed by atoms with Crippen molar-refractivity contribution in [2.75, 3.05) is 27.3 Å². The number of hydrogen-bond acceptors (Lipinski definition) is 5. The summed E-state index contributed by atoms with van der Waals surface area (Å²) in [5, 5.41) is 0.642. The Morgan fingerprint density at radius 3 is 2.55 bits per heavy atom. The van der Waals surface area contributed by atoms with Crippen molar-refractivity contribution in [1.29, 1.82) is 0 Å². The number of nitrogens with zero attached hydrogens (tertiary/aromatic N) is 3. The fourth-order valence-electron chi connectivity index (χ4n) is 4.03. The predicted molar refractivity (Wildman–Crippen MR) is 114 cm³/mol. The van der Waals surface area contributed by atoms with Crippen molar-refractivity contribution in [3.8, 4) is 11.5 Å². The van der Waals surface area contributed by atoms with Crippen molar-refractivity contribution in [2.24, 2.45) is 5.92 Å². The van der Waals surface area contributed by atoms with E-state index in [1.165, 1.54) is 5.56 Å². The van der Waals surface area contributed by atoms with Crippen LogP contribution < -0.4 is 15.0 Å². The van der Waals surface area contributed by atoms with E-state index in [1.807, 2.05) is 18.2 Å². The summed E-state index contributed by atoms with van der Waals surface area (Å²) in [7, 11) is 3.31. The third kappa shape index (κ3) is 4.43. The lowest BCUT2D eigenvalue weighted by Gasteiger charge is -2.32. The van der Waals surface area contributed by atoms with Gasteiger partial charge in [-0.1, -0.05) is 12.1 Å². The number of piperidine rings is 1. The highest BCUT2D eigenvalue weighted by molar-refractivity contribution is 5.78. The molecule has 29 heavy (non-hydrogen) atoms. The predicted octanol–water partition coefficient (Wildman–Crippen LogP) is 3.33. The van der Waals surface area contributed by atoms with Gasteiger partial charge in [0.05, 0.1) is 31.4 Å². The van der Waals surface area contributed by atoms with Gasteiger partial charge >= 0.3 is 0 Å². The average Bonchev–Trinajstić information content (AvgIpc) is 2.77. The molecule has 0 N–H and O–H groups in total. The number of hydrogen-bond donors (Lipinski definition) is 0. The van der Waals surface area contributed by atoms with Crippen molar-refractivity contribution >= 4 is 10.9 Å². The Morgan fingerprint density at radius 1 is 1.03 bits per heavy atom. The lowest BCUT2D eigenvalue weighted by Crippen LogP contribution is -2.36. The van der Waals surface area contributed by atoms with Crippen LogP contribution in [0.5, 0.6) is 11.5 Å². The number of rotatable bonds is 6. The van der Waals surface area contributed by atoms with Gasteiger partial charge in [0, 0.05) is 19.2 Å². The maximum Gasteiger partial charge on any atom is 0.261 e. The number of fused-ring (bicyclic) bond motifs is 1. The van der Waals surface area contributed by atoms with Gasteiger partial charge in [0.15, 0.2) is 0 Å². The van der Waals surface area contributed by atoms with Gasteiger partial charge in [0.25, 0.3) is 5.56 Å². The largest absolute Gasteiger partial charge is 0.497 e. The van der Waals surface area contributed by atoms with Crippen LogP contribution in [0.2, 0.25) is 0 Å². The fraction of sp³-hybridized carbons (Fsp3) is 0.391. The summed E-state index contributed by atoms with van der Waals surface area (Å²) in [6.07, 6.45) is 3.83. The summed E-state index contributed by atoms with van der Waals surface area (Å²) in [6, 6.07) is 13.7. The van der Waals surface area contributed by atoms with Crippen LogP contribution in [0.25, 0.3) is 10.9 Å². The highest BCUT2D eigenvalue weighted by Gasteiger charge is 2.20. The van der Waals surface area contributed by atoms with Crippen LogP contribution >= 0.6 is 0 Å². The second-order valence-corrected chi connectivity index (χ2v) is 7.66. The zero-order valence-corrected chi connectivity index (χ0v) is 17.0. The molecule has 0 spiro atoms. The van der Waals surface area contributed by atoms with E-state index in [-0.39, 0.29) is 5.56 Å². The van der Waals surface area contributed by atoms with E-state index in [4.69, 9.17) is 9.47 Å². The molecule has 1 aromatic heterocycles. The molecular weight excluding hydrogens is 366 g/mol. The van der Waals surface area contributed by atoms with Gasteiger partial charge in [0.1, 0.15) is 11.5 Å². The van der Waals surface area contributed by atoms with Crippen LogP contribution in [-0.2, 0) is 13.1 Å². The molecule has 1 aliphatic heterocycles. The maximum atomic E-state index is 12.8. The van der Waals surface area contributed by atoms with E-state index >= 15 is 0 Å². The van der Waals surface area contributed by atoms with Crippen molar-refractivity contribution in [3.05, 3.63) is 64.7 Å². The molecule has 1 fully saturated rings. The molecule has 2 heterocycles. The molecule has 1 aliphatic rings. The van der Waals surface area contributed by atoms with E-state index < -0.39 is 0 Å². The summed E-state index contributed by atoms with van der Waals surface area (Å²) in [6.45, 7) is 3.73. The first kappa shape index (κ1) is 19.5. The summed E-state index contributed by atoms with van der Waals surface area (Å²) in [5.74, 6) is 2.11. The van der Waals surface area contributed by atoms with E-state index in [0.29, 0.717) is 22.6 Å². The SMILES string of the molecule is COc1cccc(CN2CCC(Cn3cnc4cc(OC)ccc4c3=O)CC2)c1. The summed E-state index contributed by atoms with van der Waals surface area (Å²) < 4.78 is 12.3. The Kier molecular flexibility index (Phi) is 5.81. The third-order valence-electron chi connectivity index (χ3n) is 5.73. The lowest BCUT2D eigenvalue weighted by molar-refractivity contribution is 0.166. The molecule has 0 radical (unpaired) electrons. The molecule has 0 atom stereocenters. The summed E-state index contributed by atoms with van der Waals surface area (Å²) in [5.41, 5.74) is 1.98. The van der Waals surface area contributed by atoms with Gasteiger partial charge in [-0.2, -0.15) is 0 Å². The Bertz CT molecular complexity index is 1040. The van der Waals surface area contributed by atoms with Crippen LogP contribution in [-0.4, -0.2) is 41.8 Å². The van der Waals surface area contributed by atoms with Gasteiger partial charge in [-0.15, -0.1) is 0 Å². The first-order valence-corrected chi connectivity index (χ1v) is 10.0. The standard InChI is InChI=1S/C23H27N3O3/c1-28-19-5-3-4-18(12-19)14-25-10-8-17(9-11-25)15-26-16-24-22-13-20(29-2)6-7-21(22)23(26)27/h3-7,12-13,16-17H,8-11,14-15H2,1-2H3. The molecule has 3 aromatic rings. The molecule has 2 aromatic carbocycles. The molecule has 1 saturated heterocycles. The molecule has 0 unspecified atom stereocenters. The van der Waals surface area contributed by atoms with Gasteiger partial charge in [-0.05, 0) is 61.7 Å². The molecule has 4 rings (SSSR count). The number of benzene rings is 2.